The molecule has 0 aliphatic heterocycles. The number of carbonyl (C=O) groups is 2. The van der Waals surface area contributed by atoms with E-state index < -0.39 is 18.0 Å². The van der Waals surface area contributed by atoms with E-state index in [1.165, 1.54) is 0 Å². The molecular weight excluding hydrogens is 358 g/mol. The van der Waals surface area contributed by atoms with Gasteiger partial charge in [-0.25, -0.2) is 4.79 Å². The number of carbonyl (C=O) groups excluding carboxylic acids is 1. The number of hydrogen-bond acceptors (Lipinski definition) is 4. The van der Waals surface area contributed by atoms with E-state index in [1.54, 1.807) is 25.3 Å². The highest BCUT2D eigenvalue weighted by Crippen LogP contribution is 2.42. The Labute approximate surface area is 164 Å². The molecule has 28 heavy (non-hydrogen) atoms. The van der Waals surface area contributed by atoms with Crippen LogP contribution in [0.3, 0.4) is 0 Å². The van der Waals surface area contributed by atoms with Crippen molar-refractivity contribution in [2.24, 2.45) is 0 Å². The predicted molar refractivity (Wildman–Crippen MR) is 106 cm³/mol. The number of methoxy groups -OCH3 is 1. The number of hydrogen-bond donors (Lipinski definition) is 2. The van der Waals surface area contributed by atoms with Crippen molar-refractivity contribution in [2.75, 3.05) is 19.0 Å². The van der Waals surface area contributed by atoms with E-state index in [2.05, 4.69) is 5.32 Å². The summed E-state index contributed by atoms with van der Waals surface area (Å²) in [4.78, 5) is 23.9. The second-order valence-corrected chi connectivity index (χ2v) is 7.13. The van der Waals surface area contributed by atoms with Gasteiger partial charge in [-0.1, -0.05) is 25.0 Å². The maximum absolute atomic E-state index is 13.3. The van der Waals surface area contributed by atoms with Crippen molar-refractivity contribution in [3.63, 3.8) is 0 Å². The fraction of sp³-hybridized carbons (Fsp3) is 0.364. The second kappa shape index (κ2) is 8.33. The predicted octanol–water partition coefficient (Wildman–Crippen LogP) is 3.92. The highest BCUT2D eigenvalue weighted by Gasteiger charge is 2.42. The molecule has 1 amide bonds. The smallest absolute Gasteiger partial charge is 0.341 e. The average Bonchev–Trinajstić information content (AvgIpc) is 3.19. The molecule has 0 bridgehead atoms. The number of aliphatic carboxylic acids is 1. The molecule has 0 unspecified atom stereocenters. The van der Waals surface area contributed by atoms with Gasteiger partial charge in [0.05, 0.1) is 12.5 Å². The molecule has 1 aliphatic carbocycles. The van der Waals surface area contributed by atoms with Gasteiger partial charge in [-0.2, -0.15) is 0 Å². The van der Waals surface area contributed by atoms with Crippen LogP contribution in [0.2, 0.25) is 0 Å². The van der Waals surface area contributed by atoms with E-state index in [1.807, 2.05) is 31.2 Å². The summed E-state index contributed by atoms with van der Waals surface area (Å²) in [5.74, 6) is 0.184. The van der Waals surface area contributed by atoms with E-state index >= 15 is 0 Å². The lowest BCUT2D eigenvalue weighted by molar-refractivity contribution is -0.139. The monoisotopic (exact) mass is 383 g/mol. The van der Waals surface area contributed by atoms with Gasteiger partial charge >= 0.3 is 5.97 Å². The second-order valence-electron chi connectivity index (χ2n) is 7.13. The Balaban J connectivity index is 1.80. The number of anilines is 1. The van der Waals surface area contributed by atoms with Crippen molar-refractivity contribution >= 4 is 17.6 Å². The van der Waals surface area contributed by atoms with Crippen molar-refractivity contribution in [1.82, 2.24) is 0 Å². The van der Waals surface area contributed by atoms with E-state index in [-0.39, 0.29) is 5.91 Å². The van der Waals surface area contributed by atoms with E-state index in [0.29, 0.717) is 11.4 Å². The van der Waals surface area contributed by atoms with Crippen LogP contribution < -0.4 is 14.8 Å². The lowest BCUT2D eigenvalue weighted by atomic mass is 9.78. The number of ether oxygens (including phenoxy) is 2. The number of rotatable bonds is 7. The van der Waals surface area contributed by atoms with Crippen LogP contribution in [0.4, 0.5) is 5.69 Å². The number of carboxylic acids is 1. The molecule has 148 valence electrons. The zero-order valence-corrected chi connectivity index (χ0v) is 16.2. The topological polar surface area (TPSA) is 84.9 Å². The van der Waals surface area contributed by atoms with Gasteiger partial charge < -0.3 is 19.9 Å². The molecule has 2 aromatic rings. The summed E-state index contributed by atoms with van der Waals surface area (Å²) in [6, 6.07) is 12.9. The standard InChI is InChI=1S/C22H25NO5/c1-15-13-18(28-14-20(24)25)9-10-19(15)23-21(26)22(11-3-4-12-22)16-5-7-17(27-2)8-6-16/h5-10,13H,3-4,11-12,14H2,1-2H3,(H,23,26)(H,24,25). The van der Waals surface area contributed by atoms with Crippen LogP contribution >= 0.6 is 0 Å². The third kappa shape index (κ3) is 4.11. The molecule has 0 radical (unpaired) electrons. The first kappa shape index (κ1) is 19.7. The quantitative estimate of drug-likeness (QED) is 0.757. The van der Waals surface area contributed by atoms with Crippen LogP contribution in [-0.4, -0.2) is 30.7 Å². The van der Waals surface area contributed by atoms with Crippen molar-refractivity contribution in [2.45, 2.75) is 38.0 Å². The van der Waals surface area contributed by atoms with Crippen LogP contribution in [0.5, 0.6) is 11.5 Å². The summed E-state index contributed by atoms with van der Waals surface area (Å²) in [5.41, 5.74) is 1.98. The number of carboxylic acid groups (broad SMARTS) is 1. The Hall–Kier alpha value is -3.02. The molecule has 6 nitrogen and oxygen atoms in total. The fourth-order valence-electron chi connectivity index (χ4n) is 3.79. The lowest BCUT2D eigenvalue weighted by Gasteiger charge is -2.29. The van der Waals surface area contributed by atoms with Crippen molar-refractivity contribution in [1.29, 1.82) is 0 Å². The average molecular weight is 383 g/mol. The summed E-state index contributed by atoms with van der Waals surface area (Å²) in [5, 5.41) is 11.8. The normalized spacial score (nSPS) is 15.1. The Kier molecular flexibility index (Phi) is 5.87. The summed E-state index contributed by atoms with van der Waals surface area (Å²) in [6.45, 7) is 1.46. The Morgan fingerprint density at radius 3 is 2.29 bits per heavy atom. The highest BCUT2D eigenvalue weighted by atomic mass is 16.5. The zero-order chi connectivity index (χ0) is 20.1. The third-order valence-electron chi connectivity index (χ3n) is 5.34. The van der Waals surface area contributed by atoms with Gasteiger partial charge in [0, 0.05) is 5.69 Å². The van der Waals surface area contributed by atoms with Crippen LogP contribution in [0.15, 0.2) is 42.5 Å². The largest absolute Gasteiger partial charge is 0.497 e. The SMILES string of the molecule is COc1ccc(C2(C(=O)Nc3ccc(OCC(=O)O)cc3C)CCCC2)cc1. The first-order chi connectivity index (χ1) is 13.4. The Bertz CT molecular complexity index is 854. The molecule has 0 atom stereocenters. The number of benzene rings is 2. The minimum atomic E-state index is -1.03. The molecular formula is C22H25NO5. The van der Waals surface area contributed by atoms with Crippen molar-refractivity contribution in [3.8, 4) is 11.5 Å². The van der Waals surface area contributed by atoms with Gasteiger partial charge in [-0.15, -0.1) is 0 Å². The van der Waals surface area contributed by atoms with Gasteiger partial charge in [0.1, 0.15) is 11.5 Å². The minimum Gasteiger partial charge on any atom is -0.497 e. The molecule has 1 aliphatic rings. The molecule has 0 spiro atoms. The fourth-order valence-corrected chi connectivity index (χ4v) is 3.79. The maximum atomic E-state index is 13.3. The summed E-state index contributed by atoms with van der Waals surface area (Å²) >= 11 is 0. The first-order valence-corrected chi connectivity index (χ1v) is 9.36. The maximum Gasteiger partial charge on any atom is 0.341 e. The molecule has 3 rings (SSSR count). The van der Waals surface area contributed by atoms with Crippen LogP contribution in [0, 0.1) is 6.92 Å². The summed E-state index contributed by atoms with van der Waals surface area (Å²) in [7, 11) is 1.62. The third-order valence-corrected chi connectivity index (χ3v) is 5.34. The van der Waals surface area contributed by atoms with Crippen molar-refractivity contribution < 1.29 is 24.2 Å². The van der Waals surface area contributed by atoms with Gasteiger partial charge in [-0.3, -0.25) is 4.79 Å². The minimum absolute atomic E-state index is 0.0162. The molecule has 0 aromatic heterocycles. The zero-order valence-electron chi connectivity index (χ0n) is 16.2. The Morgan fingerprint density at radius 1 is 1.07 bits per heavy atom. The van der Waals surface area contributed by atoms with E-state index in [0.717, 1.165) is 42.6 Å². The molecule has 0 heterocycles. The van der Waals surface area contributed by atoms with Crippen LogP contribution in [0.1, 0.15) is 36.8 Å². The summed E-state index contributed by atoms with van der Waals surface area (Å²) < 4.78 is 10.4. The van der Waals surface area contributed by atoms with Crippen LogP contribution in [0.25, 0.3) is 0 Å². The van der Waals surface area contributed by atoms with Crippen molar-refractivity contribution in [3.05, 3.63) is 53.6 Å². The molecule has 1 saturated carbocycles. The van der Waals surface area contributed by atoms with Crippen LogP contribution in [-0.2, 0) is 15.0 Å². The number of amides is 1. The molecule has 6 heteroatoms. The van der Waals surface area contributed by atoms with E-state index in [9.17, 15) is 9.59 Å². The van der Waals surface area contributed by atoms with Gasteiger partial charge in [0.15, 0.2) is 6.61 Å². The summed E-state index contributed by atoms with van der Waals surface area (Å²) in [6.07, 6.45) is 3.65. The van der Waals surface area contributed by atoms with E-state index in [4.69, 9.17) is 14.6 Å². The molecule has 0 saturated heterocycles. The molecule has 1 fully saturated rings. The lowest BCUT2D eigenvalue weighted by Crippen LogP contribution is -2.38. The van der Waals surface area contributed by atoms with Gasteiger partial charge in [0.2, 0.25) is 5.91 Å². The number of nitrogens with one attached hydrogen (secondary N) is 1. The molecule has 2 N–H and O–H groups in total. The Morgan fingerprint density at radius 2 is 1.71 bits per heavy atom. The van der Waals surface area contributed by atoms with Gasteiger partial charge in [0.25, 0.3) is 0 Å². The molecule has 2 aromatic carbocycles. The number of aryl methyl sites for hydroxylation is 1. The highest BCUT2D eigenvalue weighted by molar-refractivity contribution is 6.00. The van der Waals surface area contributed by atoms with Gasteiger partial charge in [-0.05, 0) is 61.2 Å². The first-order valence-electron chi connectivity index (χ1n) is 9.36.